The third-order valence-electron chi connectivity index (χ3n) is 3.38. The van der Waals surface area contributed by atoms with Crippen LogP contribution in [0.5, 0.6) is 0 Å². The molecule has 1 aliphatic rings. The third kappa shape index (κ3) is 3.25. The Labute approximate surface area is 107 Å². The van der Waals surface area contributed by atoms with Gasteiger partial charge in [0.05, 0.1) is 23.9 Å². The van der Waals surface area contributed by atoms with E-state index in [1.54, 1.807) is 11.3 Å². The molecule has 0 spiro atoms. The Morgan fingerprint density at radius 1 is 1.71 bits per heavy atom. The molecule has 0 saturated carbocycles. The zero-order valence-corrected chi connectivity index (χ0v) is 11.3. The highest BCUT2D eigenvalue weighted by atomic mass is 32.1. The van der Waals surface area contributed by atoms with Gasteiger partial charge in [-0.2, -0.15) is 0 Å². The monoisotopic (exact) mass is 255 g/mol. The van der Waals surface area contributed by atoms with Crippen LogP contribution in [-0.2, 0) is 11.2 Å². The standard InChI is InChI=1S/C12H21N3OS/c1-9-15-10(6-17-9)3-4-14-7-12(2)8-16-5-11(12)13/h6,11,14H,3-5,7-8,13H2,1-2H3. The maximum atomic E-state index is 6.03. The molecule has 5 heteroatoms. The maximum Gasteiger partial charge on any atom is 0.0897 e. The molecule has 2 rings (SSSR count). The lowest BCUT2D eigenvalue weighted by atomic mass is 9.86. The zero-order valence-electron chi connectivity index (χ0n) is 10.5. The largest absolute Gasteiger partial charge is 0.379 e. The lowest BCUT2D eigenvalue weighted by molar-refractivity contribution is 0.158. The van der Waals surface area contributed by atoms with Crippen LogP contribution in [0, 0.1) is 12.3 Å². The van der Waals surface area contributed by atoms with E-state index >= 15 is 0 Å². The number of hydrogen-bond acceptors (Lipinski definition) is 5. The molecule has 0 radical (unpaired) electrons. The fourth-order valence-corrected chi connectivity index (χ4v) is 2.67. The summed E-state index contributed by atoms with van der Waals surface area (Å²) >= 11 is 1.71. The molecule has 2 atom stereocenters. The number of hydrogen-bond donors (Lipinski definition) is 2. The van der Waals surface area contributed by atoms with E-state index in [4.69, 9.17) is 10.5 Å². The number of thiazole rings is 1. The van der Waals surface area contributed by atoms with Crippen LogP contribution in [0.1, 0.15) is 17.6 Å². The van der Waals surface area contributed by atoms with E-state index in [2.05, 4.69) is 22.6 Å². The quantitative estimate of drug-likeness (QED) is 0.769. The van der Waals surface area contributed by atoms with Gasteiger partial charge >= 0.3 is 0 Å². The summed E-state index contributed by atoms with van der Waals surface area (Å²) in [4.78, 5) is 4.44. The normalized spacial score (nSPS) is 28.8. The molecule has 1 fully saturated rings. The van der Waals surface area contributed by atoms with E-state index in [9.17, 15) is 0 Å². The predicted molar refractivity (Wildman–Crippen MR) is 70.3 cm³/mol. The Hall–Kier alpha value is -0.490. The fraction of sp³-hybridized carbons (Fsp3) is 0.750. The summed E-state index contributed by atoms with van der Waals surface area (Å²) in [6.07, 6.45) is 0.983. The van der Waals surface area contributed by atoms with Gasteiger partial charge in [-0.3, -0.25) is 0 Å². The molecule has 1 aliphatic heterocycles. The van der Waals surface area contributed by atoms with Gasteiger partial charge in [-0.25, -0.2) is 4.98 Å². The number of nitrogens with one attached hydrogen (secondary N) is 1. The summed E-state index contributed by atoms with van der Waals surface area (Å²) in [5, 5.41) is 6.73. The number of nitrogens with zero attached hydrogens (tertiary/aromatic N) is 1. The molecule has 4 nitrogen and oxygen atoms in total. The first-order chi connectivity index (χ1) is 8.10. The third-order valence-corrected chi connectivity index (χ3v) is 4.20. The number of rotatable bonds is 5. The van der Waals surface area contributed by atoms with Crippen LogP contribution < -0.4 is 11.1 Å². The molecule has 0 aromatic carbocycles. The number of aromatic nitrogens is 1. The van der Waals surface area contributed by atoms with Crippen molar-refractivity contribution in [1.82, 2.24) is 10.3 Å². The van der Waals surface area contributed by atoms with Gasteiger partial charge in [0.25, 0.3) is 0 Å². The van der Waals surface area contributed by atoms with Gasteiger partial charge in [0.1, 0.15) is 0 Å². The molecular weight excluding hydrogens is 234 g/mol. The van der Waals surface area contributed by atoms with Crippen LogP contribution in [0.3, 0.4) is 0 Å². The van der Waals surface area contributed by atoms with Gasteiger partial charge in [0.15, 0.2) is 0 Å². The second kappa shape index (κ2) is 5.44. The average molecular weight is 255 g/mol. The van der Waals surface area contributed by atoms with Crippen LogP contribution >= 0.6 is 11.3 Å². The van der Waals surface area contributed by atoms with E-state index in [0.717, 1.165) is 31.1 Å². The minimum absolute atomic E-state index is 0.0813. The molecular formula is C12H21N3OS. The van der Waals surface area contributed by atoms with Crippen molar-refractivity contribution in [3.63, 3.8) is 0 Å². The maximum absolute atomic E-state index is 6.03. The molecule has 0 amide bonds. The average Bonchev–Trinajstić information content (AvgIpc) is 2.83. The predicted octanol–water partition coefficient (Wildman–Crippen LogP) is 0.947. The van der Waals surface area contributed by atoms with Gasteiger partial charge in [-0.15, -0.1) is 11.3 Å². The Morgan fingerprint density at radius 2 is 2.53 bits per heavy atom. The SMILES string of the molecule is Cc1nc(CCNCC2(C)COCC2N)cs1. The molecule has 1 aromatic heterocycles. The van der Waals surface area contributed by atoms with Crippen molar-refractivity contribution in [1.29, 1.82) is 0 Å². The molecule has 17 heavy (non-hydrogen) atoms. The van der Waals surface area contributed by atoms with Crippen molar-refractivity contribution >= 4 is 11.3 Å². The van der Waals surface area contributed by atoms with Crippen molar-refractivity contribution in [3.8, 4) is 0 Å². The van der Waals surface area contributed by atoms with Gasteiger partial charge in [-0.05, 0) is 6.92 Å². The minimum atomic E-state index is 0.0813. The highest BCUT2D eigenvalue weighted by molar-refractivity contribution is 7.09. The van der Waals surface area contributed by atoms with Crippen molar-refractivity contribution < 1.29 is 4.74 Å². The highest BCUT2D eigenvalue weighted by Crippen LogP contribution is 2.25. The Balaban J connectivity index is 1.69. The van der Waals surface area contributed by atoms with E-state index in [0.29, 0.717) is 6.61 Å². The summed E-state index contributed by atoms with van der Waals surface area (Å²) in [7, 11) is 0. The summed E-state index contributed by atoms with van der Waals surface area (Å²) in [5.74, 6) is 0. The summed E-state index contributed by atoms with van der Waals surface area (Å²) in [5.41, 5.74) is 7.29. The number of aryl methyl sites for hydroxylation is 1. The Bertz CT molecular complexity index is 368. The van der Waals surface area contributed by atoms with Crippen LogP contribution in [0.2, 0.25) is 0 Å². The van der Waals surface area contributed by atoms with Crippen LogP contribution in [0.15, 0.2) is 5.38 Å². The second-order valence-electron chi connectivity index (χ2n) is 5.06. The Morgan fingerprint density at radius 3 is 3.12 bits per heavy atom. The van der Waals surface area contributed by atoms with E-state index in [-0.39, 0.29) is 11.5 Å². The van der Waals surface area contributed by atoms with Crippen LogP contribution in [0.25, 0.3) is 0 Å². The molecule has 3 N–H and O–H groups in total. The van der Waals surface area contributed by atoms with Crippen molar-refractivity contribution in [2.45, 2.75) is 26.3 Å². The first kappa shape index (κ1) is 13.0. The number of nitrogens with two attached hydrogens (primary N) is 1. The molecule has 0 aliphatic carbocycles. The van der Waals surface area contributed by atoms with E-state index in [1.807, 2.05) is 6.92 Å². The first-order valence-corrected chi connectivity index (χ1v) is 6.93. The van der Waals surface area contributed by atoms with E-state index < -0.39 is 0 Å². The molecule has 0 bridgehead atoms. The van der Waals surface area contributed by atoms with Crippen molar-refractivity contribution in [2.75, 3.05) is 26.3 Å². The molecule has 2 unspecified atom stereocenters. The van der Waals surface area contributed by atoms with Crippen molar-refractivity contribution in [3.05, 3.63) is 16.1 Å². The first-order valence-electron chi connectivity index (χ1n) is 6.05. The smallest absolute Gasteiger partial charge is 0.0897 e. The summed E-state index contributed by atoms with van der Waals surface area (Å²) in [6, 6.07) is 0.150. The van der Waals surface area contributed by atoms with Gasteiger partial charge in [-0.1, -0.05) is 6.92 Å². The van der Waals surface area contributed by atoms with Crippen LogP contribution in [-0.4, -0.2) is 37.3 Å². The molecule has 1 saturated heterocycles. The molecule has 1 aromatic rings. The fourth-order valence-electron chi connectivity index (χ4n) is 2.02. The molecule has 96 valence electrons. The van der Waals surface area contributed by atoms with Gasteiger partial charge < -0.3 is 15.8 Å². The lowest BCUT2D eigenvalue weighted by Gasteiger charge is -2.27. The minimum Gasteiger partial charge on any atom is -0.379 e. The summed E-state index contributed by atoms with van der Waals surface area (Å²) < 4.78 is 5.42. The lowest BCUT2D eigenvalue weighted by Crippen LogP contribution is -2.45. The second-order valence-corrected chi connectivity index (χ2v) is 6.12. The van der Waals surface area contributed by atoms with Crippen molar-refractivity contribution in [2.24, 2.45) is 11.1 Å². The van der Waals surface area contributed by atoms with Gasteiger partial charge in [0, 0.05) is 36.3 Å². The zero-order chi connectivity index (χ0) is 12.3. The highest BCUT2D eigenvalue weighted by Gasteiger charge is 2.36. The topological polar surface area (TPSA) is 60.2 Å². The van der Waals surface area contributed by atoms with E-state index in [1.165, 1.54) is 5.69 Å². The summed E-state index contributed by atoms with van der Waals surface area (Å²) in [6.45, 7) is 7.53. The van der Waals surface area contributed by atoms with Crippen LogP contribution in [0.4, 0.5) is 0 Å². The Kier molecular flexibility index (Phi) is 4.14. The van der Waals surface area contributed by atoms with Gasteiger partial charge in [0.2, 0.25) is 0 Å². The number of ether oxygens (including phenoxy) is 1. The molecule has 2 heterocycles.